The Bertz CT molecular complexity index is 666. The molecule has 1 aromatic carbocycles. The molecule has 2 N–H and O–H groups in total. The highest BCUT2D eigenvalue weighted by Crippen LogP contribution is 2.42. The first-order chi connectivity index (χ1) is 10.8. The smallest absolute Gasteiger partial charge is 0.261 e. The van der Waals surface area contributed by atoms with Gasteiger partial charge in [-0.25, -0.2) is 0 Å². The number of amides is 1. The molecular formula is C17H20N2O2S. The second kappa shape index (κ2) is 6.94. The Labute approximate surface area is 134 Å². The minimum absolute atomic E-state index is 0.00446. The van der Waals surface area contributed by atoms with Crippen LogP contribution in [0.1, 0.15) is 28.6 Å². The number of nitrogens with one attached hydrogen (secondary N) is 2. The topological polar surface area (TPSA) is 50.4 Å². The Balaban J connectivity index is 1.68. The number of carbonyl (C=O) groups is 1. The summed E-state index contributed by atoms with van der Waals surface area (Å²) in [6.07, 6.45) is 1.10. The van der Waals surface area contributed by atoms with Crippen molar-refractivity contribution in [3.8, 4) is 16.2 Å². The number of benzene rings is 1. The second-order valence-corrected chi connectivity index (χ2v) is 6.31. The maximum absolute atomic E-state index is 12.2. The summed E-state index contributed by atoms with van der Waals surface area (Å²) < 4.78 is 5.73. The first-order valence-corrected chi connectivity index (χ1v) is 8.45. The molecule has 1 aromatic heterocycles. The molecule has 2 heterocycles. The highest BCUT2D eigenvalue weighted by atomic mass is 32.1. The Morgan fingerprint density at radius 3 is 3.00 bits per heavy atom. The van der Waals surface area contributed by atoms with Crippen LogP contribution in [0.5, 0.6) is 5.75 Å². The Morgan fingerprint density at radius 2 is 2.14 bits per heavy atom. The second-order valence-electron chi connectivity index (χ2n) is 5.26. The minimum Gasteiger partial charge on any atom is -0.488 e. The van der Waals surface area contributed by atoms with Gasteiger partial charge in [-0.15, -0.1) is 11.3 Å². The van der Waals surface area contributed by atoms with Crippen LogP contribution in [-0.2, 0) is 6.61 Å². The lowest BCUT2D eigenvalue weighted by atomic mass is 10.1. The molecule has 1 aliphatic rings. The predicted octanol–water partition coefficient (Wildman–Crippen LogP) is 3.04. The number of carbonyl (C=O) groups excluding carboxylic acids is 1. The van der Waals surface area contributed by atoms with Crippen LogP contribution in [-0.4, -0.2) is 25.5 Å². The third-order valence-electron chi connectivity index (χ3n) is 3.56. The van der Waals surface area contributed by atoms with Gasteiger partial charge >= 0.3 is 0 Å². The van der Waals surface area contributed by atoms with E-state index in [2.05, 4.69) is 17.6 Å². The average Bonchev–Trinajstić information content (AvgIpc) is 2.99. The molecule has 1 amide bonds. The minimum atomic E-state index is -0.00446. The van der Waals surface area contributed by atoms with E-state index in [1.807, 2.05) is 30.3 Å². The molecule has 3 rings (SSSR count). The van der Waals surface area contributed by atoms with Gasteiger partial charge in [-0.05, 0) is 31.2 Å². The van der Waals surface area contributed by atoms with E-state index in [9.17, 15) is 4.79 Å². The summed E-state index contributed by atoms with van der Waals surface area (Å²) in [4.78, 5) is 14.1. The molecule has 5 heteroatoms. The van der Waals surface area contributed by atoms with E-state index in [-0.39, 0.29) is 5.91 Å². The number of hydrogen-bond acceptors (Lipinski definition) is 4. The van der Waals surface area contributed by atoms with Gasteiger partial charge in [0.15, 0.2) is 0 Å². The monoisotopic (exact) mass is 316 g/mol. The van der Waals surface area contributed by atoms with Crippen molar-refractivity contribution in [3.63, 3.8) is 0 Å². The number of fused-ring (bicyclic) bond motifs is 3. The molecule has 0 fully saturated rings. The number of ether oxygens (including phenoxy) is 1. The van der Waals surface area contributed by atoms with Crippen molar-refractivity contribution in [2.45, 2.75) is 20.0 Å². The van der Waals surface area contributed by atoms with Crippen LogP contribution in [0.4, 0.5) is 0 Å². The van der Waals surface area contributed by atoms with Gasteiger partial charge in [0.25, 0.3) is 5.91 Å². The summed E-state index contributed by atoms with van der Waals surface area (Å²) in [7, 11) is 0. The van der Waals surface area contributed by atoms with Gasteiger partial charge in [0.1, 0.15) is 12.4 Å². The molecule has 1 aliphatic heterocycles. The van der Waals surface area contributed by atoms with Gasteiger partial charge in [-0.3, -0.25) is 4.79 Å². The Morgan fingerprint density at radius 1 is 1.27 bits per heavy atom. The molecule has 0 radical (unpaired) electrons. The quantitative estimate of drug-likeness (QED) is 0.805. The van der Waals surface area contributed by atoms with Gasteiger partial charge in [0, 0.05) is 29.1 Å². The fraction of sp³-hybridized carbons (Fsp3) is 0.353. The summed E-state index contributed by atoms with van der Waals surface area (Å²) in [5, 5.41) is 6.23. The highest BCUT2D eigenvalue weighted by molar-refractivity contribution is 7.17. The van der Waals surface area contributed by atoms with E-state index in [4.69, 9.17) is 4.74 Å². The van der Waals surface area contributed by atoms with Gasteiger partial charge in [0.2, 0.25) is 0 Å². The third-order valence-corrected chi connectivity index (χ3v) is 4.77. The zero-order chi connectivity index (χ0) is 15.4. The lowest BCUT2D eigenvalue weighted by molar-refractivity contribution is 0.0958. The molecule has 0 atom stereocenters. The standard InChI is InChI=1S/C17H20N2O2S/c1-2-7-18-8-9-19-17(20)15-10-12-11-21-14-6-4-3-5-13(14)16(12)22-15/h3-6,10,18H,2,7-9,11H2,1H3,(H,19,20). The van der Waals surface area contributed by atoms with Crippen LogP contribution in [0.25, 0.3) is 10.4 Å². The highest BCUT2D eigenvalue weighted by Gasteiger charge is 2.22. The van der Waals surface area contributed by atoms with Crippen molar-refractivity contribution in [1.82, 2.24) is 10.6 Å². The lowest BCUT2D eigenvalue weighted by Crippen LogP contribution is -2.31. The predicted molar refractivity (Wildman–Crippen MR) is 89.6 cm³/mol. The SMILES string of the molecule is CCCNCCNC(=O)c1cc2c(s1)-c1ccccc1OC2. The van der Waals surface area contributed by atoms with Gasteiger partial charge in [-0.1, -0.05) is 19.1 Å². The normalized spacial score (nSPS) is 12.2. The van der Waals surface area contributed by atoms with Crippen LogP contribution in [0.15, 0.2) is 30.3 Å². The van der Waals surface area contributed by atoms with Crippen LogP contribution in [0.3, 0.4) is 0 Å². The van der Waals surface area contributed by atoms with E-state index in [1.165, 1.54) is 0 Å². The largest absolute Gasteiger partial charge is 0.488 e. The van der Waals surface area contributed by atoms with Crippen LogP contribution < -0.4 is 15.4 Å². The summed E-state index contributed by atoms with van der Waals surface area (Å²) >= 11 is 1.54. The molecule has 0 unspecified atom stereocenters. The third kappa shape index (κ3) is 3.15. The van der Waals surface area contributed by atoms with Crippen molar-refractivity contribution in [2.75, 3.05) is 19.6 Å². The van der Waals surface area contributed by atoms with Gasteiger partial charge < -0.3 is 15.4 Å². The van der Waals surface area contributed by atoms with Crippen molar-refractivity contribution >= 4 is 17.2 Å². The summed E-state index contributed by atoms with van der Waals surface area (Å²) in [5.74, 6) is 0.891. The van der Waals surface area contributed by atoms with E-state index >= 15 is 0 Å². The summed E-state index contributed by atoms with van der Waals surface area (Å²) in [6.45, 7) is 5.10. The first kappa shape index (κ1) is 15.1. The zero-order valence-electron chi connectivity index (χ0n) is 12.6. The van der Waals surface area contributed by atoms with E-state index in [0.717, 1.165) is 46.1 Å². The molecule has 116 valence electrons. The molecule has 22 heavy (non-hydrogen) atoms. The van der Waals surface area contributed by atoms with E-state index < -0.39 is 0 Å². The molecule has 0 saturated heterocycles. The number of para-hydroxylation sites is 1. The van der Waals surface area contributed by atoms with Crippen molar-refractivity contribution < 1.29 is 9.53 Å². The number of hydrogen-bond donors (Lipinski definition) is 2. The fourth-order valence-electron chi connectivity index (χ4n) is 2.46. The molecule has 2 aromatic rings. The zero-order valence-corrected chi connectivity index (χ0v) is 13.5. The summed E-state index contributed by atoms with van der Waals surface area (Å²) in [6, 6.07) is 9.92. The van der Waals surface area contributed by atoms with Crippen molar-refractivity contribution in [2.24, 2.45) is 0 Å². The van der Waals surface area contributed by atoms with E-state index in [1.54, 1.807) is 11.3 Å². The number of thiophene rings is 1. The number of rotatable bonds is 6. The van der Waals surface area contributed by atoms with E-state index in [0.29, 0.717) is 13.2 Å². The Hall–Kier alpha value is -1.85. The Kier molecular flexibility index (Phi) is 4.75. The van der Waals surface area contributed by atoms with Crippen molar-refractivity contribution in [1.29, 1.82) is 0 Å². The first-order valence-electron chi connectivity index (χ1n) is 7.63. The van der Waals surface area contributed by atoms with Crippen LogP contribution >= 0.6 is 11.3 Å². The van der Waals surface area contributed by atoms with Crippen LogP contribution in [0.2, 0.25) is 0 Å². The molecule has 4 nitrogen and oxygen atoms in total. The maximum atomic E-state index is 12.2. The van der Waals surface area contributed by atoms with Crippen LogP contribution in [0, 0.1) is 0 Å². The average molecular weight is 316 g/mol. The lowest BCUT2D eigenvalue weighted by Gasteiger charge is -2.16. The maximum Gasteiger partial charge on any atom is 0.261 e. The van der Waals surface area contributed by atoms with Gasteiger partial charge in [-0.2, -0.15) is 0 Å². The molecule has 0 spiro atoms. The summed E-state index contributed by atoms with van der Waals surface area (Å²) in [5.41, 5.74) is 2.18. The molecule has 0 aliphatic carbocycles. The molecule has 0 saturated carbocycles. The van der Waals surface area contributed by atoms with Gasteiger partial charge in [0.05, 0.1) is 4.88 Å². The molecular weight excluding hydrogens is 296 g/mol. The molecule has 0 bridgehead atoms. The van der Waals surface area contributed by atoms with Crippen molar-refractivity contribution in [3.05, 3.63) is 40.8 Å². The fourth-order valence-corrected chi connectivity index (χ4v) is 3.58.